The van der Waals surface area contributed by atoms with E-state index in [4.69, 9.17) is 4.99 Å². The van der Waals surface area contributed by atoms with Gasteiger partial charge in [0.15, 0.2) is 5.17 Å². The summed E-state index contributed by atoms with van der Waals surface area (Å²) in [7, 11) is 0. The number of para-hydroxylation sites is 1. The Balaban J connectivity index is 1.52. The molecular weight excluding hydrogens is 426 g/mol. The Morgan fingerprint density at radius 2 is 1.67 bits per heavy atom. The van der Waals surface area contributed by atoms with Gasteiger partial charge < -0.3 is 4.57 Å². The molecule has 5 rings (SSSR count). The van der Waals surface area contributed by atoms with Crippen molar-refractivity contribution in [2.24, 2.45) is 4.99 Å². The monoisotopic (exact) mass is 455 g/mol. The second-order valence-corrected chi connectivity index (χ2v) is 9.96. The molecule has 1 saturated carbocycles. The Labute approximate surface area is 200 Å². The first-order valence-corrected chi connectivity index (χ1v) is 12.5. The summed E-state index contributed by atoms with van der Waals surface area (Å²) < 4.78 is 2.25. The summed E-state index contributed by atoms with van der Waals surface area (Å²) in [5.41, 5.74) is 6.65. The summed E-state index contributed by atoms with van der Waals surface area (Å²) in [6.45, 7) is 6.34. The number of nitrogens with zero attached hydrogens (tertiary/aromatic N) is 3. The molecule has 33 heavy (non-hydrogen) atoms. The molecule has 0 N–H and O–H groups in total. The number of carbonyl (C=O) groups is 1. The van der Waals surface area contributed by atoms with Gasteiger partial charge in [-0.25, -0.2) is 4.99 Å². The molecule has 168 valence electrons. The number of aromatic nitrogens is 1. The van der Waals surface area contributed by atoms with E-state index in [-0.39, 0.29) is 11.9 Å². The molecule has 0 bridgehead atoms. The lowest BCUT2D eigenvalue weighted by molar-refractivity contribution is -0.123. The summed E-state index contributed by atoms with van der Waals surface area (Å²) in [5, 5.41) is 0.802. The number of benzene rings is 2. The number of aliphatic imine (C=N–C) groups is 1. The number of hydrogen-bond donors (Lipinski definition) is 0. The van der Waals surface area contributed by atoms with Gasteiger partial charge in [0.2, 0.25) is 0 Å². The molecule has 4 nitrogen and oxygen atoms in total. The lowest BCUT2D eigenvalue weighted by Crippen LogP contribution is -2.37. The van der Waals surface area contributed by atoms with E-state index in [2.05, 4.69) is 61.7 Å². The number of amidine groups is 1. The summed E-state index contributed by atoms with van der Waals surface area (Å²) in [4.78, 5) is 21.1. The second-order valence-electron chi connectivity index (χ2n) is 8.95. The van der Waals surface area contributed by atoms with Crippen molar-refractivity contribution in [1.29, 1.82) is 0 Å². The Kier molecular flexibility index (Phi) is 5.98. The zero-order valence-corrected chi connectivity index (χ0v) is 20.2. The van der Waals surface area contributed by atoms with Gasteiger partial charge in [-0.2, -0.15) is 0 Å². The molecule has 2 heterocycles. The zero-order valence-electron chi connectivity index (χ0n) is 19.4. The zero-order chi connectivity index (χ0) is 22.9. The van der Waals surface area contributed by atoms with Gasteiger partial charge in [-0.15, -0.1) is 0 Å². The predicted octanol–water partition coefficient (Wildman–Crippen LogP) is 6.95. The van der Waals surface area contributed by atoms with E-state index in [0.29, 0.717) is 0 Å². The number of amides is 1. The Bertz CT molecular complexity index is 1230. The quantitative estimate of drug-likeness (QED) is 0.399. The van der Waals surface area contributed by atoms with E-state index < -0.39 is 0 Å². The molecule has 1 amide bonds. The molecule has 2 fully saturated rings. The third-order valence-corrected chi connectivity index (χ3v) is 7.54. The minimum atomic E-state index is 0.0849. The van der Waals surface area contributed by atoms with Crippen LogP contribution in [-0.2, 0) is 4.79 Å². The standard InChI is InChI=1S/C28H29N3OS/c1-19-13-15-25(16-14-19)30-20(2)17-22(21(30)3)18-26-27(32)31(24-11-7-8-12-24)28(33-26)29-23-9-5-4-6-10-23/h4-6,9-10,13-18,24H,7-8,11-12H2,1-3H3. The van der Waals surface area contributed by atoms with Crippen LogP contribution in [0.5, 0.6) is 0 Å². The maximum absolute atomic E-state index is 13.6. The van der Waals surface area contributed by atoms with Crippen molar-refractivity contribution >= 4 is 34.6 Å². The molecule has 2 aliphatic rings. The minimum Gasteiger partial charge on any atom is -0.318 e. The molecule has 0 spiro atoms. The average Bonchev–Trinajstić information content (AvgIpc) is 3.50. The van der Waals surface area contributed by atoms with E-state index in [1.807, 2.05) is 35.2 Å². The van der Waals surface area contributed by atoms with Gasteiger partial charge >= 0.3 is 0 Å². The van der Waals surface area contributed by atoms with Crippen LogP contribution in [0, 0.1) is 20.8 Å². The van der Waals surface area contributed by atoms with Gasteiger partial charge in [-0.05, 0) is 87.3 Å². The third kappa shape index (κ3) is 4.30. The summed E-state index contributed by atoms with van der Waals surface area (Å²) in [6, 6.07) is 20.9. The van der Waals surface area contributed by atoms with Crippen molar-refractivity contribution < 1.29 is 4.79 Å². The van der Waals surface area contributed by atoms with E-state index in [1.54, 1.807) is 0 Å². The van der Waals surface area contributed by atoms with Crippen molar-refractivity contribution in [3.63, 3.8) is 0 Å². The Morgan fingerprint density at radius 1 is 0.970 bits per heavy atom. The third-order valence-electron chi connectivity index (χ3n) is 6.56. The highest BCUT2D eigenvalue weighted by atomic mass is 32.2. The van der Waals surface area contributed by atoms with Gasteiger partial charge in [-0.3, -0.25) is 9.69 Å². The molecule has 1 aliphatic carbocycles. The number of thioether (sulfide) groups is 1. The Hall–Kier alpha value is -3.05. The van der Waals surface area contributed by atoms with Crippen LogP contribution < -0.4 is 0 Å². The van der Waals surface area contributed by atoms with Crippen molar-refractivity contribution in [3.05, 3.63) is 88.1 Å². The topological polar surface area (TPSA) is 37.6 Å². The highest BCUT2D eigenvalue weighted by Gasteiger charge is 2.39. The first kappa shape index (κ1) is 21.8. The largest absolute Gasteiger partial charge is 0.318 e. The number of aryl methyl sites for hydroxylation is 2. The highest BCUT2D eigenvalue weighted by molar-refractivity contribution is 8.18. The van der Waals surface area contributed by atoms with Crippen LogP contribution in [-0.4, -0.2) is 26.6 Å². The molecule has 0 radical (unpaired) electrons. The second kappa shape index (κ2) is 9.06. The van der Waals surface area contributed by atoms with Crippen LogP contribution >= 0.6 is 11.8 Å². The summed E-state index contributed by atoms with van der Waals surface area (Å²) >= 11 is 1.50. The fourth-order valence-electron chi connectivity index (χ4n) is 4.83. The van der Waals surface area contributed by atoms with Crippen LogP contribution in [0.2, 0.25) is 0 Å². The molecular formula is C28H29N3OS. The van der Waals surface area contributed by atoms with Crippen molar-refractivity contribution in [2.75, 3.05) is 0 Å². The average molecular weight is 456 g/mol. The summed E-state index contributed by atoms with van der Waals surface area (Å²) in [6.07, 6.45) is 6.50. The normalized spacial score (nSPS) is 19.4. The number of rotatable bonds is 4. The molecule has 2 aromatic carbocycles. The van der Waals surface area contributed by atoms with Gasteiger partial charge in [0.1, 0.15) is 0 Å². The van der Waals surface area contributed by atoms with Gasteiger partial charge in [0.25, 0.3) is 5.91 Å². The van der Waals surface area contributed by atoms with E-state index in [1.165, 1.54) is 30.2 Å². The predicted molar refractivity (Wildman–Crippen MR) is 138 cm³/mol. The van der Waals surface area contributed by atoms with E-state index >= 15 is 0 Å². The maximum Gasteiger partial charge on any atom is 0.267 e. The lowest BCUT2D eigenvalue weighted by atomic mass is 10.2. The Morgan fingerprint density at radius 3 is 2.36 bits per heavy atom. The number of hydrogen-bond acceptors (Lipinski definition) is 3. The first-order chi connectivity index (χ1) is 16.0. The van der Waals surface area contributed by atoms with Crippen LogP contribution in [0.4, 0.5) is 5.69 Å². The first-order valence-electron chi connectivity index (χ1n) is 11.6. The smallest absolute Gasteiger partial charge is 0.267 e. The van der Waals surface area contributed by atoms with Gasteiger partial charge in [0.05, 0.1) is 10.6 Å². The fraction of sp³-hybridized carbons (Fsp3) is 0.286. The minimum absolute atomic E-state index is 0.0849. The molecule has 0 unspecified atom stereocenters. The van der Waals surface area contributed by atoms with Gasteiger partial charge in [0, 0.05) is 23.1 Å². The van der Waals surface area contributed by atoms with Crippen LogP contribution in [0.3, 0.4) is 0 Å². The fourth-order valence-corrected chi connectivity index (χ4v) is 5.88. The van der Waals surface area contributed by atoms with Crippen LogP contribution in [0.15, 0.2) is 70.6 Å². The molecule has 3 aromatic rings. The number of carbonyl (C=O) groups excluding carboxylic acids is 1. The molecule has 0 atom stereocenters. The molecule has 5 heteroatoms. The summed E-state index contributed by atoms with van der Waals surface area (Å²) in [5.74, 6) is 0.0849. The van der Waals surface area contributed by atoms with Crippen molar-refractivity contribution in [3.8, 4) is 5.69 Å². The van der Waals surface area contributed by atoms with Crippen molar-refractivity contribution in [2.45, 2.75) is 52.5 Å². The SMILES string of the molecule is Cc1ccc(-n2c(C)cc(C=C3SC(=Nc4ccccc4)N(C4CCCC4)C3=O)c2C)cc1. The van der Waals surface area contributed by atoms with Crippen molar-refractivity contribution in [1.82, 2.24) is 9.47 Å². The molecule has 1 aromatic heterocycles. The van der Waals surface area contributed by atoms with Crippen LogP contribution in [0.1, 0.15) is 48.2 Å². The van der Waals surface area contributed by atoms with Gasteiger partial charge in [-0.1, -0.05) is 48.7 Å². The van der Waals surface area contributed by atoms with Crippen LogP contribution in [0.25, 0.3) is 11.8 Å². The highest BCUT2D eigenvalue weighted by Crippen LogP contribution is 2.39. The lowest BCUT2D eigenvalue weighted by Gasteiger charge is -2.22. The molecule has 1 saturated heterocycles. The molecule has 1 aliphatic heterocycles. The maximum atomic E-state index is 13.6. The van der Waals surface area contributed by atoms with E-state index in [0.717, 1.165) is 51.2 Å². The van der Waals surface area contributed by atoms with E-state index in [9.17, 15) is 4.79 Å².